The zero-order valence-corrected chi connectivity index (χ0v) is 12.3. The van der Waals surface area contributed by atoms with Crippen molar-refractivity contribution in [2.24, 2.45) is 5.41 Å². The molecule has 3 heteroatoms. The van der Waals surface area contributed by atoms with Crippen LogP contribution in [0.15, 0.2) is 24.8 Å². The van der Waals surface area contributed by atoms with Crippen LogP contribution in [-0.2, 0) is 14.3 Å². The van der Waals surface area contributed by atoms with E-state index in [4.69, 9.17) is 9.47 Å². The van der Waals surface area contributed by atoms with Crippen molar-refractivity contribution in [3.05, 3.63) is 24.8 Å². The smallest absolute Gasteiger partial charge is 0.336 e. The maximum atomic E-state index is 11.8. The van der Waals surface area contributed by atoms with E-state index in [0.29, 0.717) is 12.2 Å². The number of hydrogen-bond donors (Lipinski definition) is 0. The summed E-state index contributed by atoms with van der Waals surface area (Å²) in [6.07, 6.45) is 2.41. The molecule has 3 nitrogen and oxygen atoms in total. The highest BCUT2D eigenvalue weighted by molar-refractivity contribution is 5.88. The van der Waals surface area contributed by atoms with Crippen LogP contribution >= 0.6 is 0 Å². The van der Waals surface area contributed by atoms with E-state index in [1.54, 1.807) is 6.08 Å². The lowest BCUT2D eigenvalue weighted by Crippen LogP contribution is -2.33. The highest BCUT2D eigenvalue weighted by Gasteiger charge is 2.29. The summed E-state index contributed by atoms with van der Waals surface area (Å²) in [5.41, 5.74) is -0.0694. The lowest BCUT2D eigenvalue weighted by Gasteiger charge is -2.32. The van der Waals surface area contributed by atoms with Crippen molar-refractivity contribution in [1.82, 2.24) is 0 Å². The van der Waals surface area contributed by atoms with Gasteiger partial charge in [-0.3, -0.25) is 0 Å². The van der Waals surface area contributed by atoms with Crippen LogP contribution in [0.2, 0.25) is 0 Å². The van der Waals surface area contributed by atoms with Gasteiger partial charge in [0.05, 0.1) is 18.8 Å². The van der Waals surface area contributed by atoms with Crippen LogP contribution in [0.5, 0.6) is 0 Å². The molecule has 104 valence electrons. The minimum absolute atomic E-state index is 0.102. The van der Waals surface area contributed by atoms with E-state index in [0.717, 1.165) is 6.42 Å². The zero-order valence-electron chi connectivity index (χ0n) is 12.3. The van der Waals surface area contributed by atoms with Gasteiger partial charge >= 0.3 is 5.97 Å². The predicted octanol–water partition coefficient (Wildman–Crippen LogP) is 3.50. The van der Waals surface area contributed by atoms with Gasteiger partial charge in [0.15, 0.2) is 0 Å². The fourth-order valence-corrected chi connectivity index (χ4v) is 1.96. The second kappa shape index (κ2) is 6.74. The molecule has 0 atom stereocenters. The Hall–Kier alpha value is -1.09. The van der Waals surface area contributed by atoms with Gasteiger partial charge in [-0.05, 0) is 25.7 Å². The van der Waals surface area contributed by atoms with Crippen molar-refractivity contribution >= 4 is 5.97 Å². The van der Waals surface area contributed by atoms with Crippen LogP contribution < -0.4 is 0 Å². The molecule has 0 heterocycles. The standard InChI is InChI=1S/C15H26O3/c1-8-9-17-10-12(2)13(16)18-15(6,7)11-14(3,4)5/h8H,1-2,9-11H2,3-7H3. The summed E-state index contributed by atoms with van der Waals surface area (Å²) in [5, 5.41) is 0. The van der Waals surface area contributed by atoms with Crippen LogP contribution in [0.1, 0.15) is 41.0 Å². The molecule has 0 saturated heterocycles. The number of carbonyl (C=O) groups excluding carboxylic acids is 1. The molecular formula is C15H26O3. The van der Waals surface area contributed by atoms with Crippen molar-refractivity contribution in [2.45, 2.75) is 46.6 Å². The SMILES string of the molecule is C=CCOCC(=C)C(=O)OC(C)(C)CC(C)(C)C. The molecule has 0 radical (unpaired) electrons. The second-order valence-corrected chi connectivity index (χ2v) is 6.29. The average Bonchev–Trinajstić information content (AvgIpc) is 2.12. The van der Waals surface area contributed by atoms with Gasteiger partial charge in [-0.2, -0.15) is 0 Å². The third-order valence-electron chi connectivity index (χ3n) is 2.13. The second-order valence-electron chi connectivity index (χ2n) is 6.29. The average molecular weight is 254 g/mol. The Balaban J connectivity index is 4.28. The monoisotopic (exact) mass is 254 g/mol. The molecule has 0 rings (SSSR count). The molecule has 0 aliphatic heterocycles. The maximum absolute atomic E-state index is 11.8. The Labute approximate surface area is 111 Å². The largest absolute Gasteiger partial charge is 0.456 e. The van der Waals surface area contributed by atoms with Crippen molar-refractivity contribution < 1.29 is 14.3 Å². The Morgan fingerprint density at radius 3 is 2.22 bits per heavy atom. The zero-order chi connectivity index (χ0) is 14.4. The van der Waals surface area contributed by atoms with E-state index >= 15 is 0 Å². The first-order valence-electron chi connectivity index (χ1n) is 6.17. The van der Waals surface area contributed by atoms with Gasteiger partial charge in [0, 0.05) is 0 Å². The highest BCUT2D eigenvalue weighted by atomic mass is 16.6. The topological polar surface area (TPSA) is 35.5 Å². The minimum Gasteiger partial charge on any atom is -0.456 e. The van der Waals surface area contributed by atoms with E-state index < -0.39 is 11.6 Å². The molecule has 0 aliphatic rings. The molecule has 0 aromatic carbocycles. The molecule has 18 heavy (non-hydrogen) atoms. The summed E-state index contributed by atoms with van der Waals surface area (Å²) in [7, 11) is 0. The van der Waals surface area contributed by atoms with E-state index in [1.807, 2.05) is 13.8 Å². The minimum atomic E-state index is -0.503. The Kier molecular flexibility index (Phi) is 6.33. The molecule has 0 saturated carbocycles. The number of hydrogen-bond acceptors (Lipinski definition) is 3. The summed E-state index contributed by atoms with van der Waals surface area (Å²) in [4.78, 5) is 11.8. The van der Waals surface area contributed by atoms with E-state index in [9.17, 15) is 4.79 Å². The van der Waals surface area contributed by atoms with E-state index in [-0.39, 0.29) is 12.0 Å². The molecule has 0 spiro atoms. The Bertz CT molecular complexity index is 308. The third kappa shape index (κ3) is 8.07. The highest BCUT2D eigenvalue weighted by Crippen LogP contribution is 2.29. The molecule has 0 amide bonds. The Morgan fingerprint density at radius 2 is 1.78 bits per heavy atom. The number of esters is 1. The molecule has 0 unspecified atom stereocenters. The molecular weight excluding hydrogens is 228 g/mol. The molecule has 0 aliphatic carbocycles. The van der Waals surface area contributed by atoms with Gasteiger partial charge in [-0.15, -0.1) is 6.58 Å². The van der Waals surface area contributed by atoms with Crippen molar-refractivity contribution in [1.29, 1.82) is 0 Å². The first kappa shape index (κ1) is 16.9. The van der Waals surface area contributed by atoms with Gasteiger partial charge < -0.3 is 9.47 Å². The number of ether oxygens (including phenoxy) is 2. The molecule has 0 bridgehead atoms. The summed E-state index contributed by atoms with van der Waals surface area (Å²) in [6, 6.07) is 0. The van der Waals surface area contributed by atoms with Crippen LogP contribution in [-0.4, -0.2) is 24.8 Å². The van der Waals surface area contributed by atoms with Crippen LogP contribution in [0, 0.1) is 5.41 Å². The summed E-state index contributed by atoms with van der Waals surface area (Å²) < 4.78 is 10.6. The van der Waals surface area contributed by atoms with Gasteiger partial charge in [0.2, 0.25) is 0 Å². The molecule has 0 N–H and O–H groups in total. The normalized spacial score (nSPS) is 12.1. The predicted molar refractivity (Wildman–Crippen MR) is 74.4 cm³/mol. The quantitative estimate of drug-likeness (QED) is 0.302. The third-order valence-corrected chi connectivity index (χ3v) is 2.13. The van der Waals surface area contributed by atoms with Crippen molar-refractivity contribution in [3.8, 4) is 0 Å². The fourth-order valence-electron chi connectivity index (χ4n) is 1.96. The van der Waals surface area contributed by atoms with E-state index in [1.165, 1.54) is 0 Å². The lowest BCUT2D eigenvalue weighted by atomic mass is 9.83. The van der Waals surface area contributed by atoms with Crippen LogP contribution in [0.4, 0.5) is 0 Å². The summed E-state index contributed by atoms with van der Waals surface area (Å²) in [5.74, 6) is -0.395. The van der Waals surface area contributed by atoms with Crippen LogP contribution in [0.25, 0.3) is 0 Å². The van der Waals surface area contributed by atoms with Crippen molar-refractivity contribution in [3.63, 3.8) is 0 Å². The Morgan fingerprint density at radius 1 is 1.22 bits per heavy atom. The molecule has 0 fully saturated rings. The molecule has 0 aromatic heterocycles. The fraction of sp³-hybridized carbons (Fsp3) is 0.667. The first-order valence-corrected chi connectivity index (χ1v) is 6.17. The van der Waals surface area contributed by atoms with Crippen molar-refractivity contribution in [2.75, 3.05) is 13.2 Å². The molecule has 0 aromatic rings. The number of rotatable bonds is 7. The van der Waals surface area contributed by atoms with Gasteiger partial charge in [-0.1, -0.05) is 33.4 Å². The summed E-state index contributed by atoms with van der Waals surface area (Å²) >= 11 is 0. The maximum Gasteiger partial charge on any atom is 0.336 e. The van der Waals surface area contributed by atoms with Gasteiger partial charge in [0.25, 0.3) is 0 Å². The summed E-state index contributed by atoms with van der Waals surface area (Å²) in [6.45, 7) is 18.0. The lowest BCUT2D eigenvalue weighted by molar-refractivity contribution is -0.154. The van der Waals surface area contributed by atoms with Crippen LogP contribution in [0.3, 0.4) is 0 Å². The van der Waals surface area contributed by atoms with Gasteiger partial charge in [-0.25, -0.2) is 4.79 Å². The van der Waals surface area contributed by atoms with Gasteiger partial charge in [0.1, 0.15) is 5.60 Å². The first-order chi connectivity index (χ1) is 8.07. The number of carbonyl (C=O) groups is 1. The van der Waals surface area contributed by atoms with E-state index in [2.05, 4.69) is 33.9 Å².